The lowest BCUT2D eigenvalue weighted by Gasteiger charge is -2.09. The van der Waals surface area contributed by atoms with Crippen LogP contribution in [0.2, 0.25) is 0 Å². The zero-order chi connectivity index (χ0) is 41.4. The number of tetrazole rings is 2. The van der Waals surface area contributed by atoms with E-state index in [0.29, 0.717) is 31.0 Å². The highest BCUT2D eigenvalue weighted by Crippen LogP contribution is 2.31. The summed E-state index contributed by atoms with van der Waals surface area (Å²) in [7, 11) is 8.12. The Bertz CT molecular complexity index is 2050. The van der Waals surface area contributed by atoms with E-state index < -0.39 is 23.5 Å². The predicted octanol–water partition coefficient (Wildman–Crippen LogP) is 8.98. The number of alkyl halides is 7. The molecule has 0 radical (unpaired) electrons. The summed E-state index contributed by atoms with van der Waals surface area (Å²) in [5, 5.41) is 26.5. The number of benzene rings is 4. The fourth-order valence-electron chi connectivity index (χ4n) is 5.47. The van der Waals surface area contributed by atoms with Crippen molar-refractivity contribution in [3.05, 3.63) is 130 Å². The molecule has 312 valence electrons. The molecule has 10 nitrogen and oxygen atoms in total. The Balaban J connectivity index is 0.000000268. The molecular weight excluding hydrogens is 805 g/mol. The first-order chi connectivity index (χ1) is 27.1. The second kappa shape index (κ2) is 22.9. The van der Waals surface area contributed by atoms with E-state index >= 15 is 0 Å². The molecule has 0 aliphatic heterocycles. The van der Waals surface area contributed by atoms with Crippen LogP contribution in [0.3, 0.4) is 0 Å². The Labute approximate surface area is 345 Å². The molecule has 0 aliphatic carbocycles. The van der Waals surface area contributed by atoms with Crippen molar-refractivity contribution in [3.63, 3.8) is 0 Å². The molecule has 2 aromatic heterocycles. The number of hydrogen-bond donors (Lipinski definition) is 1. The lowest BCUT2D eigenvalue weighted by Crippen LogP contribution is -2.15. The van der Waals surface area contributed by atoms with Crippen molar-refractivity contribution in [2.24, 2.45) is 0 Å². The average Bonchev–Trinajstić information content (AvgIpc) is 3.88. The van der Waals surface area contributed by atoms with Gasteiger partial charge in [0.1, 0.15) is 0 Å². The van der Waals surface area contributed by atoms with Crippen molar-refractivity contribution in [1.29, 1.82) is 0 Å². The van der Waals surface area contributed by atoms with E-state index in [2.05, 4.69) is 45.8 Å². The lowest BCUT2D eigenvalue weighted by molar-refractivity contribution is -0.138. The first-order valence-corrected chi connectivity index (χ1v) is 18.5. The zero-order valence-corrected chi connectivity index (χ0v) is 34.0. The number of nitrogens with zero attached hydrogens (tertiary/aromatic N) is 9. The number of nitrogens with one attached hydrogen (secondary N) is 1. The summed E-state index contributed by atoms with van der Waals surface area (Å²) < 4.78 is 75.9. The Morgan fingerprint density at radius 1 is 0.621 bits per heavy atom. The van der Waals surface area contributed by atoms with E-state index in [0.717, 1.165) is 89.5 Å². The summed E-state index contributed by atoms with van der Waals surface area (Å²) >= 11 is 5.42. The predicted molar refractivity (Wildman–Crippen MR) is 216 cm³/mol. The van der Waals surface area contributed by atoms with Crippen LogP contribution in [0, 0.1) is 0 Å². The van der Waals surface area contributed by atoms with Gasteiger partial charge in [0.05, 0.1) is 17.7 Å². The summed E-state index contributed by atoms with van der Waals surface area (Å²) in [4.78, 5) is 5.80. The van der Waals surface area contributed by atoms with Crippen LogP contribution < -0.4 is 0 Å². The monoisotopic (exact) mass is 850 g/mol. The molecule has 2 heterocycles. The van der Waals surface area contributed by atoms with Crippen molar-refractivity contribution in [1.82, 2.24) is 50.6 Å². The largest absolute Gasteiger partial charge is 0.416 e. The van der Waals surface area contributed by atoms with Crippen LogP contribution in [0.1, 0.15) is 46.2 Å². The lowest BCUT2D eigenvalue weighted by atomic mass is 9.98. The number of hydrogen-bond acceptors (Lipinski definition) is 8. The van der Waals surface area contributed by atoms with Gasteiger partial charge in [-0.25, -0.2) is 0 Å². The Morgan fingerprint density at radius 2 is 1.09 bits per heavy atom. The van der Waals surface area contributed by atoms with Crippen molar-refractivity contribution in [3.8, 4) is 22.8 Å². The second-order valence-electron chi connectivity index (χ2n) is 13.5. The Kier molecular flexibility index (Phi) is 18.7. The minimum absolute atomic E-state index is 0. The molecule has 58 heavy (non-hydrogen) atoms. The van der Waals surface area contributed by atoms with Crippen molar-refractivity contribution < 1.29 is 26.3 Å². The highest BCUT2D eigenvalue weighted by atomic mass is 35.5. The van der Waals surface area contributed by atoms with Crippen molar-refractivity contribution >= 4 is 24.0 Å². The molecule has 0 amide bonds. The highest BCUT2D eigenvalue weighted by Gasteiger charge is 2.30. The number of rotatable bonds is 13. The number of aryl methyl sites for hydroxylation is 1. The van der Waals surface area contributed by atoms with E-state index in [4.69, 9.17) is 11.6 Å². The van der Waals surface area contributed by atoms with Gasteiger partial charge in [-0.1, -0.05) is 72.8 Å². The molecule has 6 rings (SSSR count). The van der Waals surface area contributed by atoms with Crippen LogP contribution >= 0.6 is 24.0 Å². The van der Waals surface area contributed by atoms with Crippen LogP contribution in [-0.4, -0.2) is 97.8 Å². The van der Waals surface area contributed by atoms with Crippen LogP contribution in [0.15, 0.2) is 97.1 Å². The van der Waals surface area contributed by atoms with Crippen molar-refractivity contribution in [2.45, 2.75) is 44.6 Å². The van der Waals surface area contributed by atoms with E-state index in [9.17, 15) is 26.3 Å². The molecule has 0 spiro atoms. The quantitative estimate of drug-likeness (QED) is 0.0908. The maximum atomic E-state index is 12.7. The molecule has 0 saturated carbocycles. The van der Waals surface area contributed by atoms with Gasteiger partial charge in [0, 0.05) is 17.0 Å². The normalized spacial score (nSPS) is 11.4. The van der Waals surface area contributed by atoms with Crippen LogP contribution in [0.4, 0.5) is 26.3 Å². The number of aromatic amines is 1. The van der Waals surface area contributed by atoms with E-state index in [1.807, 2.05) is 76.7 Å². The first kappa shape index (κ1) is 47.5. The molecule has 1 N–H and O–H groups in total. The van der Waals surface area contributed by atoms with Gasteiger partial charge < -0.3 is 9.80 Å². The maximum absolute atomic E-state index is 12.7. The summed E-state index contributed by atoms with van der Waals surface area (Å²) in [5.41, 5.74) is 3.77. The summed E-state index contributed by atoms with van der Waals surface area (Å²) in [6.45, 7) is 2.71. The minimum atomic E-state index is -4.33. The summed E-state index contributed by atoms with van der Waals surface area (Å²) in [6, 6.07) is 25.4. The van der Waals surface area contributed by atoms with E-state index in [1.54, 1.807) is 4.80 Å². The molecule has 0 unspecified atom stereocenters. The molecule has 0 aliphatic rings. The number of halogens is 8. The SMILES string of the molecule is CN(C)CCCCl.CN(C)CCCn1nnc(-c2ccccc2Cc2ccc(C(F)(F)F)cc2)n1.Cl.FC(F)(F)c1ccc(Cc2ccccc2-c2nn[nH]n2)cc1. The Hall–Kier alpha value is -4.90. The standard InChI is InChI=1S/C20H22F3N5.C15H11F3N4.C5H12ClN.ClH/c1-27(2)12-5-13-28-25-19(24-26-28)18-7-4-3-6-16(18)14-15-8-10-17(11-9-15)20(21,22)23;16-15(17,18)12-7-5-10(6-8-12)9-11-3-1-2-4-13(11)14-19-21-22-20-14;1-7(2)5-3-4-6;/h3-4,6-11H,5,12-14H2,1-2H3;1-8H,9H2,(H,19,20,21,22);3-5H2,1-2H3;1H. The molecule has 0 atom stereocenters. The molecule has 0 saturated heterocycles. The van der Waals surface area contributed by atoms with E-state index in [1.165, 1.54) is 24.3 Å². The van der Waals surface area contributed by atoms with Gasteiger partial charge in [-0.2, -0.15) is 36.4 Å². The van der Waals surface area contributed by atoms with Gasteiger partial charge in [-0.05, 0) is 124 Å². The smallest absolute Gasteiger partial charge is 0.309 e. The zero-order valence-electron chi connectivity index (χ0n) is 32.5. The van der Waals surface area contributed by atoms with Gasteiger partial charge in [-0.3, -0.25) is 0 Å². The van der Waals surface area contributed by atoms with Crippen LogP contribution in [0.25, 0.3) is 22.8 Å². The number of aromatic nitrogens is 8. The molecular formula is C40H46Cl2F6N10. The molecule has 6 aromatic rings. The minimum Gasteiger partial charge on any atom is -0.309 e. The third-order valence-corrected chi connectivity index (χ3v) is 8.64. The molecule has 18 heteroatoms. The van der Waals surface area contributed by atoms with Gasteiger partial charge in [0.25, 0.3) is 0 Å². The third kappa shape index (κ3) is 15.5. The van der Waals surface area contributed by atoms with Gasteiger partial charge >= 0.3 is 12.4 Å². The molecule has 0 fully saturated rings. The van der Waals surface area contributed by atoms with Crippen LogP contribution in [0.5, 0.6) is 0 Å². The summed E-state index contributed by atoms with van der Waals surface area (Å²) in [5.74, 6) is 1.76. The molecule has 4 aromatic carbocycles. The van der Waals surface area contributed by atoms with Gasteiger partial charge in [-0.15, -0.1) is 44.4 Å². The summed E-state index contributed by atoms with van der Waals surface area (Å²) in [6.07, 6.45) is -5.66. The van der Waals surface area contributed by atoms with Crippen LogP contribution in [-0.2, 0) is 31.7 Å². The van der Waals surface area contributed by atoms with Gasteiger partial charge in [0.15, 0.2) is 0 Å². The second-order valence-corrected chi connectivity index (χ2v) is 13.9. The van der Waals surface area contributed by atoms with E-state index in [-0.39, 0.29) is 12.4 Å². The third-order valence-electron chi connectivity index (χ3n) is 8.37. The average molecular weight is 852 g/mol. The fraction of sp³-hybridized carbons (Fsp3) is 0.350. The molecule has 0 bridgehead atoms. The van der Waals surface area contributed by atoms with Gasteiger partial charge in [0.2, 0.25) is 11.6 Å². The highest BCUT2D eigenvalue weighted by molar-refractivity contribution is 6.17. The Morgan fingerprint density at radius 3 is 1.50 bits per heavy atom. The first-order valence-electron chi connectivity index (χ1n) is 18.0. The topological polar surface area (TPSA) is 105 Å². The van der Waals surface area contributed by atoms with Crippen molar-refractivity contribution in [2.75, 3.05) is 47.2 Å². The maximum Gasteiger partial charge on any atom is 0.416 e. The fourth-order valence-corrected chi connectivity index (χ4v) is 5.59. The number of H-pyrrole nitrogens is 1.